The molecule has 0 aliphatic rings. The molecule has 0 rings (SSSR count). The average molecular weight is 345 g/mol. The van der Waals surface area contributed by atoms with E-state index >= 15 is 0 Å². The van der Waals surface area contributed by atoms with Gasteiger partial charge in [0.1, 0.15) is 0 Å². The van der Waals surface area contributed by atoms with E-state index in [4.69, 9.17) is 4.74 Å². The zero-order chi connectivity index (χ0) is 19.1. The van der Waals surface area contributed by atoms with Crippen LogP contribution in [-0.2, 0) is 9.53 Å². The Morgan fingerprint density at radius 2 is 1.48 bits per heavy atom. The molecule has 0 fully saturated rings. The Kier molecular flexibility index (Phi) is 13.4. The minimum absolute atomic E-state index is 0.237. The van der Waals surface area contributed by atoms with Crippen LogP contribution >= 0.6 is 0 Å². The molecule has 0 spiro atoms. The fourth-order valence-electron chi connectivity index (χ4n) is 2.40. The number of ether oxygens (including phenoxy) is 1. The molecule has 0 saturated heterocycles. The largest absolute Gasteiger partial charge is 0.463 e. The molecule has 0 aromatic rings. The number of hydrogen-bond donors (Lipinski definition) is 0. The lowest BCUT2D eigenvalue weighted by atomic mass is 10.0. The van der Waals surface area contributed by atoms with Crippen molar-refractivity contribution in [2.75, 3.05) is 6.61 Å². The fourth-order valence-corrected chi connectivity index (χ4v) is 2.40. The summed E-state index contributed by atoms with van der Waals surface area (Å²) in [5.41, 5.74) is 5.17. The summed E-state index contributed by atoms with van der Waals surface area (Å²) in [6.45, 7) is 14.5. The lowest BCUT2D eigenvalue weighted by Gasteiger charge is -2.07. The van der Waals surface area contributed by atoms with E-state index in [1.807, 2.05) is 13.0 Å². The SMILES string of the molecule is C=CC/C(=C\CC/C(=C/C(=O)OCC)CC=C(C)C)CCC=C(C)C. The topological polar surface area (TPSA) is 26.3 Å². The molecule has 0 aliphatic heterocycles. The van der Waals surface area contributed by atoms with Gasteiger partial charge in [0.25, 0.3) is 0 Å². The van der Waals surface area contributed by atoms with Gasteiger partial charge in [-0.2, -0.15) is 0 Å². The summed E-state index contributed by atoms with van der Waals surface area (Å²) in [6, 6.07) is 0. The Labute approximate surface area is 155 Å². The van der Waals surface area contributed by atoms with Gasteiger partial charge in [0.15, 0.2) is 0 Å². The average Bonchev–Trinajstić information content (AvgIpc) is 2.52. The first-order valence-electron chi connectivity index (χ1n) is 9.30. The van der Waals surface area contributed by atoms with E-state index in [0.29, 0.717) is 6.61 Å². The molecule has 0 heterocycles. The highest BCUT2D eigenvalue weighted by Crippen LogP contribution is 2.18. The van der Waals surface area contributed by atoms with Crippen molar-refractivity contribution < 1.29 is 9.53 Å². The second kappa shape index (κ2) is 14.5. The van der Waals surface area contributed by atoms with Crippen LogP contribution in [0.1, 0.15) is 73.1 Å². The normalized spacial score (nSPS) is 11.7. The van der Waals surface area contributed by atoms with Crippen LogP contribution in [0.2, 0.25) is 0 Å². The van der Waals surface area contributed by atoms with Crippen molar-refractivity contribution >= 4 is 5.97 Å². The molecule has 0 unspecified atom stereocenters. The van der Waals surface area contributed by atoms with Gasteiger partial charge in [-0.25, -0.2) is 4.79 Å². The molecule has 25 heavy (non-hydrogen) atoms. The third kappa shape index (κ3) is 14.2. The van der Waals surface area contributed by atoms with E-state index in [-0.39, 0.29) is 5.97 Å². The first kappa shape index (κ1) is 23.2. The third-order valence-electron chi connectivity index (χ3n) is 3.70. The van der Waals surface area contributed by atoms with E-state index in [0.717, 1.165) is 44.1 Å². The summed E-state index contributed by atoms with van der Waals surface area (Å²) in [6.07, 6.45) is 16.1. The number of esters is 1. The molecular weight excluding hydrogens is 308 g/mol. The van der Waals surface area contributed by atoms with Crippen molar-refractivity contribution in [2.24, 2.45) is 0 Å². The van der Waals surface area contributed by atoms with Gasteiger partial charge in [0, 0.05) is 6.08 Å². The van der Waals surface area contributed by atoms with Gasteiger partial charge in [-0.15, -0.1) is 6.58 Å². The molecule has 0 amide bonds. The van der Waals surface area contributed by atoms with Crippen LogP contribution in [-0.4, -0.2) is 12.6 Å². The Balaban J connectivity index is 4.84. The van der Waals surface area contributed by atoms with Crippen molar-refractivity contribution in [1.29, 1.82) is 0 Å². The predicted molar refractivity (Wildman–Crippen MR) is 110 cm³/mol. The summed E-state index contributed by atoms with van der Waals surface area (Å²) < 4.78 is 5.05. The maximum absolute atomic E-state index is 11.7. The number of allylic oxidation sites excluding steroid dienone is 8. The van der Waals surface area contributed by atoms with Crippen molar-refractivity contribution in [3.05, 3.63) is 59.3 Å². The summed E-state index contributed by atoms with van der Waals surface area (Å²) in [5, 5.41) is 0. The van der Waals surface area contributed by atoms with Gasteiger partial charge >= 0.3 is 5.97 Å². The van der Waals surface area contributed by atoms with Gasteiger partial charge in [-0.1, -0.05) is 46.6 Å². The van der Waals surface area contributed by atoms with E-state index in [1.165, 1.54) is 16.7 Å². The molecule has 0 aromatic carbocycles. The van der Waals surface area contributed by atoms with Crippen LogP contribution in [0.3, 0.4) is 0 Å². The Hall–Kier alpha value is -1.83. The summed E-state index contributed by atoms with van der Waals surface area (Å²) in [7, 11) is 0. The molecule has 2 nitrogen and oxygen atoms in total. The quantitative estimate of drug-likeness (QED) is 0.219. The first-order valence-corrected chi connectivity index (χ1v) is 9.30. The Bertz CT molecular complexity index is 522. The molecule has 0 aliphatic carbocycles. The van der Waals surface area contributed by atoms with E-state index < -0.39 is 0 Å². The number of carbonyl (C=O) groups excluding carboxylic acids is 1. The van der Waals surface area contributed by atoms with Crippen LogP contribution in [0, 0.1) is 0 Å². The van der Waals surface area contributed by atoms with Crippen LogP contribution < -0.4 is 0 Å². The lowest BCUT2D eigenvalue weighted by molar-refractivity contribution is -0.137. The smallest absolute Gasteiger partial charge is 0.330 e. The van der Waals surface area contributed by atoms with Gasteiger partial charge in [0.05, 0.1) is 6.61 Å². The molecule has 0 N–H and O–H groups in total. The maximum atomic E-state index is 11.7. The maximum Gasteiger partial charge on any atom is 0.330 e. The monoisotopic (exact) mass is 344 g/mol. The van der Waals surface area contributed by atoms with Crippen LogP contribution in [0.4, 0.5) is 0 Å². The van der Waals surface area contributed by atoms with Crippen molar-refractivity contribution in [3.63, 3.8) is 0 Å². The summed E-state index contributed by atoms with van der Waals surface area (Å²) in [5.74, 6) is -0.237. The predicted octanol–water partition coefficient (Wildman–Crippen LogP) is 6.86. The number of hydrogen-bond acceptors (Lipinski definition) is 2. The molecule has 0 aromatic heterocycles. The van der Waals surface area contributed by atoms with E-state index in [2.05, 4.69) is 52.5 Å². The molecule has 0 saturated carbocycles. The minimum atomic E-state index is -0.237. The highest BCUT2D eigenvalue weighted by molar-refractivity contribution is 5.82. The van der Waals surface area contributed by atoms with Gasteiger partial charge in [0.2, 0.25) is 0 Å². The second-order valence-corrected chi connectivity index (χ2v) is 6.75. The van der Waals surface area contributed by atoms with Crippen LogP contribution in [0.5, 0.6) is 0 Å². The Morgan fingerprint density at radius 1 is 0.880 bits per heavy atom. The van der Waals surface area contributed by atoms with Gasteiger partial charge < -0.3 is 4.74 Å². The van der Waals surface area contributed by atoms with Crippen molar-refractivity contribution in [3.8, 4) is 0 Å². The van der Waals surface area contributed by atoms with E-state index in [9.17, 15) is 4.79 Å². The van der Waals surface area contributed by atoms with Crippen LogP contribution in [0.25, 0.3) is 0 Å². The molecule has 2 heteroatoms. The summed E-state index contributed by atoms with van der Waals surface area (Å²) >= 11 is 0. The molecule has 140 valence electrons. The Morgan fingerprint density at radius 3 is 2.04 bits per heavy atom. The number of carbonyl (C=O) groups is 1. The van der Waals surface area contributed by atoms with Crippen LogP contribution in [0.15, 0.2) is 59.3 Å². The zero-order valence-electron chi connectivity index (χ0n) is 16.9. The molecule has 0 radical (unpaired) electrons. The van der Waals surface area contributed by atoms with Crippen molar-refractivity contribution in [1.82, 2.24) is 0 Å². The van der Waals surface area contributed by atoms with Gasteiger partial charge in [-0.05, 0) is 73.1 Å². The summed E-state index contributed by atoms with van der Waals surface area (Å²) in [4.78, 5) is 11.7. The van der Waals surface area contributed by atoms with E-state index in [1.54, 1.807) is 6.08 Å². The number of rotatable bonds is 12. The van der Waals surface area contributed by atoms with Crippen molar-refractivity contribution in [2.45, 2.75) is 73.1 Å². The zero-order valence-corrected chi connectivity index (χ0v) is 16.9. The van der Waals surface area contributed by atoms with Gasteiger partial charge in [-0.3, -0.25) is 0 Å². The fraction of sp³-hybridized carbons (Fsp3) is 0.522. The lowest BCUT2D eigenvalue weighted by Crippen LogP contribution is -2.01. The standard InChI is InChI=1S/C23H36O2/c1-7-11-21(13-9-12-19(3)4)14-10-15-22(17-16-20(5)6)18-23(24)25-8-2/h7,12,14,16,18H,1,8-11,13,15,17H2,2-6H3/b21-14+,22-18-. The molecular formula is C23H36O2. The molecule has 0 bridgehead atoms. The first-order chi connectivity index (χ1) is 11.9. The minimum Gasteiger partial charge on any atom is -0.463 e. The molecule has 0 atom stereocenters. The highest BCUT2D eigenvalue weighted by atomic mass is 16.5. The highest BCUT2D eigenvalue weighted by Gasteiger charge is 2.02. The third-order valence-corrected chi connectivity index (χ3v) is 3.70. The second-order valence-electron chi connectivity index (χ2n) is 6.75.